The lowest BCUT2D eigenvalue weighted by Gasteiger charge is -2.31. The standard InChI is InChI=1S/C35H36ClN3O6S/c36-30-13-11-28(12-14-30)24-37-35(41)33(23-27-7-3-1-4-8-27)39(25-29-9-5-2-6-10-29)34(40)26-45-31-15-17-32(18-16-31)46(42,43)38-19-21-44-22-20-38/h1-18,33H,19-26H2,(H,37,41). The zero-order chi connectivity index (χ0) is 32.4. The van der Waals surface area contributed by atoms with E-state index in [1.54, 1.807) is 12.1 Å². The molecule has 0 saturated carbocycles. The van der Waals surface area contributed by atoms with Crippen LogP contribution in [0.3, 0.4) is 0 Å². The predicted molar refractivity (Wildman–Crippen MR) is 176 cm³/mol. The third-order valence-corrected chi connectivity index (χ3v) is 9.81. The second-order valence-electron chi connectivity index (χ2n) is 10.8. The van der Waals surface area contributed by atoms with Crippen molar-refractivity contribution in [1.82, 2.24) is 14.5 Å². The molecule has 1 heterocycles. The molecular formula is C35H36ClN3O6S. The molecule has 1 N–H and O–H groups in total. The van der Waals surface area contributed by atoms with Crippen LogP contribution in [0.25, 0.3) is 0 Å². The number of carbonyl (C=O) groups is 2. The summed E-state index contributed by atoms with van der Waals surface area (Å²) in [6.45, 7) is 1.40. The molecule has 1 fully saturated rings. The molecular weight excluding hydrogens is 626 g/mol. The number of hydrogen-bond acceptors (Lipinski definition) is 6. The number of amides is 2. The van der Waals surface area contributed by atoms with Crippen LogP contribution in [0.2, 0.25) is 5.02 Å². The van der Waals surface area contributed by atoms with Crippen LogP contribution < -0.4 is 10.1 Å². The number of hydrogen-bond donors (Lipinski definition) is 1. The highest BCUT2D eigenvalue weighted by molar-refractivity contribution is 7.89. The summed E-state index contributed by atoms with van der Waals surface area (Å²) in [6, 6.07) is 31.4. The Bertz CT molecular complexity index is 1680. The normalized spacial score (nSPS) is 14.3. The summed E-state index contributed by atoms with van der Waals surface area (Å²) in [4.78, 5) is 29.4. The Morgan fingerprint density at radius 1 is 0.826 bits per heavy atom. The number of ether oxygens (including phenoxy) is 2. The topological polar surface area (TPSA) is 105 Å². The van der Waals surface area contributed by atoms with E-state index in [0.717, 1.165) is 16.7 Å². The van der Waals surface area contributed by atoms with Crippen molar-refractivity contribution in [2.75, 3.05) is 32.9 Å². The Kier molecular flexibility index (Phi) is 11.4. The van der Waals surface area contributed by atoms with Crippen molar-refractivity contribution in [2.45, 2.75) is 30.4 Å². The minimum absolute atomic E-state index is 0.138. The average Bonchev–Trinajstić information content (AvgIpc) is 3.10. The summed E-state index contributed by atoms with van der Waals surface area (Å²) in [5.41, 5.74) is 2.63. The van der Waals surface area contributed by atoms with Crippen molar-refractivity contribution in [3.63, 3.8) is 0 Å². The van der Waals surface area contributed by atoms with Crippen LogP contribution in [-0.4, -0.2) is 68.4 Å². The van der Waals surface area contributed by atoms with Crippen LogP contribution in [-0.2, 0) is 43.9 Å². The first-order valence-electron chi connectivity index (χ1n) is 15.0. The molecule has 4 aromatic carbocycles. The van der Waals surface area contributed by atoms with E-state index in [1.807, 2.05) is 72.8 Å². The summed E-state index contributed by atoms with van der Waals surface area (Å²) in [5, 5.41) is 3.60. The third kappa shape index (κ3) is 8.95. The Balaban J connectivity index is 1.34. The first-order chi connectivity index (χ1) is 22.3. The van der Waals surface area contributed by atoms with Crippen molar-refractivity contribution >= 4 is 33.4 Å². The van der Waals surface area contributed by atoms with Gasteiger partial charge >= 0.3 is 0 Å². The summed E-state index contributed by atoms with van der Waals surface area (Å²) in [5.74, 6) is -0.363. The molecule has 0 aromatic heterocycles. The summed E-state index contributed by atoms with van der Waals surface area (Å²) in [7, 11) is -3.66. The van der Waals surface area contributed by atoms with Crippen molar-refractivity contribution in [3.8, 4) is 5.75 Å². The minimum atomic E-state index is -3.66. The van der Waals surface area contributed by atoms with Gasteiger partial charge in [0.2, 0.25) is 15.9 Å². The van der Waals surface area contributed by atoms with Gasteiger partial charge in [0.15, 0.2) is 6.61 Å². The number of sulfonamides is 1. The number of morpholine rings is 1. The van der Waals surface area contributed by atoms with Crippen molar-refractivity contribution in [3.05, 3.63) is 131 Å². The van der Waals surface area contributed by atoms with Gasteiger partial charge < -0.3 is 19.7 Å². The largest absolute Gasteiger partial charge is 0.484 e. The predicted octanol–water partition coefficient (Wildman–Crippen LogP) is 4.70. The molecule has 1 unspecified atom stereocenters. The molecule has 1 saturated heterocycles. The molecule has 1 aliphatic heterocycles. The highest BCUT2D eigenvalue weighted by Gasteiger charge is 2.31. The maximum Gasteiger partial charge on any atom is 0.261 e. The molecule has 2 amide bonds. The molecule has 11 heteroatoms. The van der Waals surface area contributed by atoms with Crippen LogP contribution in [0.5, 0.6) is 5.75 Å². The zero-order valence-electron chi connectivity index (χ0n) is 25.3. The van der Waals surface area contributed by atoms with Crippen LogP contribution in [0, 0.1) is 0 Å². The molecule has 1 atom stereocenters. The highest BCUT2D eigenvalue weighted by Crippen LogP contribution is 2.21. The lowest BCUT2D eigenvalue weighted by atomic mass is 10.0. The average molecular weight is 662 g/mol. The van der Waals surface area contributed by atoms with E-state index < -0.39 is 22.0 Å². The van der Waals surface area contributed by atoms with E-state index in [-0.39, 0.29) is 30.5 Å². The van der Waals surface area contributed by atoms with Gasteiger partial charge in [0.1, 0.15) is 11.8 Å². The molecule has 4 aromatic rings. The monoisotopic (exact) mass is 661 g/mol. The maximum absolute atomic E-state index is 13.9. The quantitative estimate of drug-likeness (QED) is 0.223. The number of halogens is 1. The van der Waals surface area contributed by atoms with Crippen LogP contribution >= 0.6 is 11.6 Å². The van der Waals surface area contributed by atoms with Crippen molar-refractivity contribution < 1.29 is 27.5 Å². The lowest BCUT2D eigenvalue weighted by molar-refractivity contribution is -0.142. The maximum atomic E-state index is 13.9. The Morgan fingerprint density at radius 2 is 1.43 bits per heavy atom. The molecule has 0 bridgehead atoms. The zero-order valence-corrected chi connectivity index (χ0v) is 26.8. The number of nitrogens with zero attached hydrogens (tertiary/aromatic N) is 2. The molecule has 46 heavy (non-hydrogen) atoms. The van der Waals surface area contributed by atoms with E-state index in [9.17, 15) is 18.0 Å². The van der Waals surface area contributed by atoms with Crippen molar-refractivity contribution in [2.24, 2.45) is 0 Å². The van der Waals surface area contributed by atoms with E-state index in [4.69, 9.17) is 21.1 Å². The summed E-state index contributed by atoms with van der Waals surface area (Å²) in [6.07, 6.45) is 0.292. The van der Waals surface area contributed by atoms with E-state index >= 15 is 0 Å². The Labute approximate surface area is 274 Å². The smallest absolute Gasteiger partial charge is 0.261 e. The van der Waals surface area contributed by atoms with Gasteiger partial charge in [0.05, 0.1) is 18.1 Å². The molecule has 240 valence electrons. The highest BCUT2D eigenvalue weighted by atomic mass is 35.5. The Morgan fingerprint density at radius 3 is 2.07 bits per heavy atom. The first-order valence-corrected chi connectivity index (χ1v) is 16.8. The molecule has 5 rings (SSSR count). The molecule has 0 radical (unpaired) electrons. The van der Waals surface area contributed by atoms with Gasteiger partial charge in [0.25, 0.3) is 5.91 Å². The second kappa shape index (κ2) is 15.9. The van der Waals surface area contributed by atoms with Crippen LogP contribution in [0.1, 0.15) is 16.7 Å². The van der Waals surface area contributed by atoms with Gasteiger partial charge in [-0.3, -0.25) is 9.59 Å². The van der Waals surface area contributed by atoms with E-state index in [0.29, 0.717) is 43.5 Å². The van der Waals surface area contributed by atoms with Gasteiger partial charge in [-0.25, -0.2) is 8.42 Å². The van der Waals surface area contributed by atoms with E-state index in [2.05, 4.69) is 5.32 Å². The molecule has 1 aliphatic rings. The fourth-order valence-electron chi connectivity index (χ4n) is 5.12. The molecule has 0 spiro atoms. The van der Waals surface area contributed by atoms with Crippen LogP contribution in [0.15, 0.2) is 114 Å². The fraction of sp³-hybridized carbons (Fsp3) is 0.257. The third-order valence-electron chi connectivity index (χ3n) is 7.64. The first kappa shape index (κ1) is 33.2. The van der Waals surface area contributed by atoms with Gasteiger partial charge in [-0.1, -0.05) is 84.4 Å². The van der Waals surface area contributed by atoms with Gasteiger partial charge in [-0.15, -0.1) is 0 Å². The fourth-order valence-corrected chi connectivity index (χ4v) is 6.65. The van der Waals surface area contributed by atoms with Crippen molar-refractivity contribution in [1.29, 1.82) is 0 Å². The summed E-state index contributed by atoms with van der Waals surface area (Å²) >= 11 is 6.03. The number of benzene rings is 4. The lowest BCUT2D eigenvalue weighted by Crippen LogP contribution is -2.51. The number of carbonyl (C=O) groups excluding carboxylic acids is 2. The molecule has 0 aliphatic carbocycles. The molecule has 9 nitrogen and oxygen atoms in total. The van der Waals surface area contributed by atoms with Crippen LogP contribution in [0.4, 0.5) is 0 Å². The van der Waals surface area contributed by atoms with Gasteiger partial charge in [-0.05, 0) is 53.1 Å². The van der Waals surface area contributed by atoms with Gasteiger partial charge in [0, 0.05) is 37.6 Å². The summed E-state index contributed by atoms with van der Waals surface area (Å²) < 4.78 is 38.5. The SMILES string of the molecule is O=C(NCc1ccc(Cl)cc1)C(Cc1ccccc1)N(Cc1ccccc1)C(=O)COc1ccc(S(=O)(=O)N2CCOCC2)cc1. The second-order valence-corrected chi connectivity index (χ2v) is 13.2. The number of nitrogens with one attached hydrogen (secondary N) is 1. The minimum Gasteiger partial charge on any atom is -0.484 e. The van der Waals surface area contributed by atoms with E-state index in [1.165, 1.54) is 33.5 Å². The van der Waals surface area contributed by atoms with Gasteiger partial charge in [-0.2, -0.15) is 4.31 Å². The Hall–Kier alpha value is -4.22. The number of rotatable bonds is 13.